The number of piperidine rings is 2. The van der Waals surface area contributed by atoms with Crippen LogP contribution in [0.15, 0.2) is 6.07 Å². The Balaban J connectivity index is 1.74. The highest BCUT2D eigenvalue weighted by Gasteiger charge is 2.45. The van der Waals surface area contributed by atoms with E-state index in [1.807, 2.05) is 19.9 Å². The molecule has 0 radical (unpaired) electrons. The summed E-state index contributed by atoms with van der Waals surface area (Å²) in [4.78, 5) is 8.66. The number of nitrogens with zero attached hydrogens (tertiary/aromatic N) is 2. The van der Waals surface area contributed by atoms with Crippen LogP contribution in [0.5, 0.6) is 6.01 Å². The number of hydrogen-bond acceptors (Lipinski definition) is 4. The topological polar surface area (TPSA) is 47.0 Å². The summed E-state index contributed by atoms with van der Waals surface area (Å²) in [5, 5.41) is 3.40. The Labute approximate surface area is 95.4 Å². The predicted molar refractivity (Wildman–Crippen MR) is 60.4 cm³/mol. The van der Waals surface area contributed by atoms with Gasteiger partial charge in [0.15, 0.2) is 0 Å². The van der Waals surface area contributed by atoms with Crippen LogP contribution in [-0.4, -0.2) is 29.2 Å². The van der Waals surface area contributed by atoms with Gasteiger partial charge in [0.2, 0.25) is 0 Å². The SMILES string of the molecule is Cc1cc(C)nc(OC2[C@@H]3CNC[C@H]2C3)n1. The summed E-state index contributed by atoms with van der Waals surface area (Å²) in [6.45, 7) is 6.10. The zero-order valence-corrected chi connectivity index (χ0v) is 9.73. The van der Waals surface area contributed by atoms with Crippen LogP contribution in [-0.2, 0) is 0 Å². The smallest absolute Gasteiger partial charge is 0.317 e. The van der Waals surface area contributed by atoms with Crippen LogP contribution >= 0.6 is 0 Å². The number of nitrogens with one attached hydrogen (secondary N) is 1. The molecule has 2 heterocycles. The molecule has 1 aliphatic carbocycles. The highest BCUT2D eigenvalue weighted by Crippen LogP contribution is 2.38. The molecule has 2 aliphatic rings. The number of ether oxygens (including phenoxy) is 1. The summed E-state index contributed by atoms with van der Waals surface area (Å²) in [5.74, 6) is 1.31. The van der Waals surface area contributed by atoms with Gasteiger partial charge in [0.05, 0.1) is 0 Å². The molecule has 2 fully saturated rings. The molecule has 3 rings (SSSR count). The van der Waals surface area contributed by atoms with Crippen molar-refractivity contribution in [2.75, 3.05) is 13.1 Å². The molecule has 2 bridgehead atoms. The fourth-order valence-electron chi connectivity index (χ4n) is 2.76. The van der Waals surface area contributed by atoms with Gasteiger partial charge in [0, 0.05) is 36.3 Å². The molecule has 0 aromatic carbocycles. The zero-order chi connectivity index (χ0) is 11.1. The van der Waals surface area contributed by atoms with Crippen molar-refractivity contribution in [1.29, 1.82) is 0 Å². The Hall–Kier alpha value is -1.16. The molecule has 1 unspecified atom stereocenters. The van der Waals surface area contributed by atoms with E-state index in [1.54, 1.807) is 0 Å². The molecule has 4 heteroatoms. The third-order valence-electron chi connectivity index (χ3n) is 3.55. The van der Waals surface area contributed by atoms with Crippen LogP contribution < -0.4 is 10.1 Å². The third kappa shape index (κ3) is 1.67. The van der Waals surface area contributed by atoms with Crippen LogP contribution in [0.1, 0.15) is 17.8 Å². The van der Waals surface area contributed by atoms with Crippen molar-refractivity contribution in [2.24, 2.45) is 11.8 Å². The van der Waals surface area contributed by atoms with Gasteiger partial charge in [-0.2, -0.15) is 0 Å². The fourth-order valence-corrected chi connectivity index (χ4v) is 2.76. The van der Waals surface area contributed by atoms with E-state index in [9.17, 15) is 0 Å². The summed E-state index contributed by atoms with van der Waals surface area (Å²) >= 11 is 0. The maximum atomic E-state index is 5.92. The molecule has 16 heavy (non-hydrogen) atoms. The molecule has 1 aliphatic heterocycles. The minimum absolute atomic E-state index is 0.336. The summed E-state index contributed by atoms with van der Waals surface area (Å²) in [6, 6.07) is 2.52. The van der Waals surface area contributed by atoms with E-state index in [1.165, 1.54) is 6.42 Å². The van der Waals surface area contributed by atoms with Crippen molar-refractivity contribution in [3.05, 3.63) is 17.5 Å². The molecular weight excluding hydrogens is 202 g/mol. The first-order chi connectivity index (χ1) is 7.72. The minimum Gasteiger partial charge on any atom is -0.459 e. The molecule has 0 amide bonds. The van der Waals surface area contributed by atoms with Crippen molar-refractivity contribution in [3.8, 4) is 6.01 Å². The molecular formula is C12H17N3O. The lowest BCUT2D eigenvalue weighted by Crippen LogP contribution is -2.59. The van der Waals surface area contributed by atoms with Gasteiger partial charge < -0.3 is 10.1 Å². The number of aryl methyl sites for hydroxylation is 2. The first-order valence-electron chi connectivity index (χ1n) is 5.92. The molecule has 1 saturated heterocycles. The van der Waals surface area contributed by atoms with Crippen molar-refractivity contribution in [3.63, 3.8) is 0 Å². The Morgan fingerprint density at radius 1 is 1.19 bits per heavy atom. The minimum atomic E-state index is 0.336. The summed E-state index contributed by atoms with van der Waals surface area (Å²) in [6.07, 6.45) is 1.63. The van der Waals surface area contributed by atoms with Crippen molar-refractivity contribution < 1.29 is 4.74 Å². The van der Waals surface area contributed by atoms with Crippen molar-refractivity contribution in [1.82, 2.24) is 15.3 Å². The summed E-state index contributed by atoms with van der Waals surface area (Å²) < 4.78 is 5.92. The Bertz CT molecular complexity index is 373. The van der Waals surface area contributed by atoms with E-state index in [4.69, 9.17) is 4.74 Å². The highest BCUT2D eigenvalue weighted by atomic mass is 16.5. The van der Waals surface area contributed by atoms with Gasteiger partial charge in [0.1, 0.15) is 6.10 Å². The first kappa shape index (κ1) is 10.0. The second-order valence-corrected chi connectivity index (χ2v) is 4.93. The Kier molecular flexibility index (Phi) is 2.32. The summed E-state index contributed by atoms with van der Waals surface area (Å²) in [5.41, 5.74) is 1.95. The van der Waals surface area contributed by atoms with E-state index < -0.39 is 0 Å². The van der Waals surface area contributed by atoms with Crippen LogP contribution in [0.25, 0.3) is 0 Å². The second kappa shape index (κ2) is 3.70. The van der Waals surface area contributed by atoms with Crippen LogP contribution in [0.3, 0.4) is 0 Å². The van der Waals surface area contributed by atoms with E-state index in [0.29, 0.717) is 24.0 Å². The molecule has 1 N–H and O–H groups in total. The lowest BCUT2D eigenvalue weighted by Gasteiger charge is -2.48. The van der Waals surface area contributed by atoms with Gasteiger partial charge in [-0.15, -0.1) is 0 Å². The Morgan fingerprint density at radius 2 is 1.81 bits per heavy atom. The highest BCUT2D eigenvalue weighted by molar-refractivity contribution is 5.12. The van der Waals surface area contributed by atoms with Gasteiger partial charge >= 0.3 is 6.01 Å². The fraction of sp³-hybridized carbons (Fsp3) is 0.667. The monoisotopic (exact) mass is 219 g/mol. The van der Waals surface area contributed by atoms with Crippen LogP contribution in [0.4, 0.5) is 0 Å². The maximum absolute atomic E-state index is 5.92. The predicted octanol–water partition coefficient (Wildman–Crippen LogP) is 1.08. The van der Waals surface area contributed by atoms with Gasteiger partial charge in [-0.1, -0.05) is 0 Å². The second-order valence-electron chi connectivity index (χ2n) is 4.93. The molecule has 86 valence electrons. The number of fused-ring (bicyclic) bond motifs is 2. The molecule has 1 saturated carbocycles. The lowest BCUT2D eigenvalue weighted by molar-refractivity contribution is -0.0497. The maximum Gasteiger partial charge on any atom is 0.317 e. The standard InChI is InChI=1S/C12H17N3O/c1-7-3-8(2)15-12(14-7)16-11-9-4-10(11)6-13-5-9/h3,9-11,13H,4-6H2,1-2H3/t9-,10+,11?. The molecule has 3 atom stereocenters. The molecule has 1 aromatic rings. The lowest BCUT2D eigenvalue weighted by atomic mass is 9.69. The normalized spacial score (nSPS) is 32.0. The van der Waals surface area contributed by atoms with E-state index in [0.717, 1.165) is 24.5 Å². The van der Waals surface area contributed by atoms with Crippen molar-refractivity contribution in [2.45, 2.75) is 26.4 Å². The largest absolute Gasteiger partial charge is 0.459 e. The van der Waals surface area contributed by atoms with Crippen LogP contribution in [0, 0.1) is 25.7 Å². The van der Waals surface area contributed by atoms with Gasteiger partial charge in [0.25, 0.3) is 0 Å². The number of aromatic nitrogens is 2. The molecule has 1 aromatic heterocycles. The average Bonchev–Trinajstić information content (AvgIpc) is 2.25. The molecule has 0 spiro atoms. The average molecular weight is 219 g/mol. The van der Waals surface area contributed by atoms with E-state index in [2.05, 4.69) is 15.3 Å². The van der Waals surface area contributed by atoms with Gasteiger partial charge in [-0.3, -0.25) is 0 Å². The number of hydrogen-bond donors (Lipinski definition) is 1. The third-order valence-corrected chi connectivity index (χ3v) is 3.55. The first-order valence-corrected chi connectivity index (χ1v) is 5.92. The Morgan fingerprint density at radius 3 is 2.38 bits per heavy atom. The van der Waals surface area contributed by atoms with Crippen molar-refractivity contribution >= 4 is 0 Å². The van der Waals surface area contributed by atoms with E-state index >= 15 is 0 Å². The van der Waals surface area contributed by atoms with Gasteiger partial charge in [-0.25, -0.2) is 9.97 Å². The quantitative estimate of drug-likeness (QED) is 0.808. The zero-order valence-electron chi connectivity index (χ0n) is 9.73. The number of rotatable bonds is 2. The molecule has 4 nitrogen and oxygen atoms in total. The summed E-state index contributed by atoms with van der Waals surface area (Å²) in [7, 11) is 0. The van der Waals surface area contributed by atoms with Crippen LogP contribution in [0.2, 0.25) is 0 Å². The van der Waals surface area contributed by atoms with E-state index in [-0.39, 0.29) is 0 Å². The van der Waals surface area contributed by atoms with Gasteiger partial charge in [-0.05, 0) is 26.3 Å².